The first-order valence-corrected chi connectivity index (χ1v) is 10.2. The minimum atomic E-state index is -0.393. The highest BCUT2D eigenvalue weighted by Crippen LogP contribution is 2.28. The van der Waals surface area contributed by atoms with E-state index in [1.807, 2.05) is 49.9 Å². The van der Waals surface area contributed by atoms with Crippen molar-refractivity contribution < 1.29 is 9.59 Å². The standard InChI is InChI=1S/C22H33N3O2.ClH/c1-22(2,3)21(27)24-15-17-6-8-18(9-7-17)20(26)25-12-10-19(11-13-25)23-14-16-4-5-16;/h6-9,16,19,23H,4-5,10-15H2,1-3H3,(H,24,27);1H. The molecule has 2 aliphatic rings. The molecule has 0 unspecified atom stereocenters. The van der Waals surface area contributed by atoms with Crippen molar-refractivity contribution in [1.82, 2.24) is 15.5 Å². The first kappa shape index (κ1) is 22.7. The number of nitrogens with zero attached hydrogens (tertiary/aromatic N) is 1. The predicted octanol–water partition coefficient (Wildman–Crippen LogP) is 3.37. The molecule has 0 aromatic heterocycles. The molecule has 0 bridgehead atoms. The smallest absolute Gasteiger partial charge is 0.253 e. The summed E-state index contributed by atoms with van der Waals surface area (Å²) in [5, 5.41) is 6.59. The van der Waals surface area contributed by atoms with Crippen LogP contribution in [0.2, 0.25) is 0 Å². The number of piperidine rings is 1. The third-order valence-electron chi connectivity index (χ3n) is 5.51. The molecule has 3 rings (SSSR count). The van der Waals surface area contributed by atoms with E-state index in [1.165, 1.54) is 12.8 Å². The second kappa shape index (κ2) is 9.75. The number of hydrogen-bond acceptors (Lipinski definition) is 3. The van der Waals surface area contributed by atoms with Crippen LogP contribution in [-0.2, 0) is 11.3 Å². The van der Waals surface area contributed by atoms with Crippen molar-refractivity contribution in [2.45, 2.75) is 59.0 Å². The van der Waals surface area contributed by atoms with Crippen LogP contribution in [0, 0.1) is 11.3 Å². The molecule has 0 spiro atoms. The molecule has 28 heavy (non-hydrogen) atoms. The molecule has 1 heterocycles. The highest BCUT2D eigenvalue weighted by molar-refractivity contribution is 5.94. The zero-order valence-electron chi connectivity index (χ0n) is 17.3. The van der Waals surface area contributed by atoms with Gasteiger partial charge >= 0.3 is 0 Å². The fourth-order valence-corrected chi connectivity index (χ4v) is 3.34. The number of benzene rings is 1. The summed E-state index contributed by atoms with van der Waals surface area (Å²) in [5.41, 5.74) is 1.34. The second-order valence-corrected chi connectivity index (χ2v) is 9.05. The third-order valence-corrected chi connectivity index (χ3v) is 5.51. The van der Waals surface area contributed by atoms with Crippen LogP contribution in [0.3, 0.4) is 0 Å². The topological polar surface area (TPSA) is 61.4 Å². The average molecular weight is 408 g/mol. The summed E-state index contributed by atoms with van der Waals surface area (Å²) in [4.78, 5) is 26.6. The Hall–Kier alpha value is -1.59. The lowest BCUT2D eigenvalue weighted by atomic mass is 9.95. The third kappa shape index (κ3) is 6.49. The SMILES string of the molecule is CC(C)(C)C(=O)NCc1ccc(C(=O)N2CCC(NCC3CC3)CC2)cc1.Cl. The first-order chi connectivity index (χ1) is 12.8. The molecule has 6 heteroatoms. The Morgan fingerprint density at radius 3 is 2.18 bits per heavy atom. The fraction of sp³-hybridized carbons (Fsp3) is 0.636. The van der Waals surface area contributed by atoms with Gasteiger partial charge in [0.15, 0.2) is 0 Å². The number of amides is 2. The molecular formula is C22H34ClN3O2. The Bertz CT molecular complexity index is 657. The maximum Gasteiger partial charge on any atom is 0.253 e. The van der Waals surface area contributed by atoms with Gasteiger partial charge in [0.1, 0.15) is 0 Å². The molecule has 1 aliphatic heterocycles. The van der Waals surface area contributed by atoms with Gasteiger partial charge in [-0.3, -0.25) is 9.59 Å². The second-order valence-electron chi connectivity index (χ2n) is 9.05. The van der Waals surface area contributed by atoms with Crippen LogP contribution >= 0.6 is 12.4 Å². The molecule has 1 saturated carbocycles. The highest BCUT2D eigenvalue weighted by atomic mass is 35.5. The molecule has 2 amide bonds. The van der Waals surface area contributed by atoms with Gasteiger partial charge in [-0.1, -0.05) is 32.9 Å². The molecule has 1 aliphatic carbocycles. The summed E-state index contributed by atoms with van der Waals surface area (Å²) in [7, 11) is 0. The van der Waals surface area contributed by atoms with E-state index < -0.39 is 5.41 Å². The van der Waals surface area contributed by atoms with Gasteiger partial charge < -0.3 is 15.5 Å². The summed E-state index contributed by atoms with van der Waals surface area (Å²) in [5.74, 6) is 1.04. The monoisotopic (exact) mass is 407 g/mol. The Kier molecular flexibility index (Phi) is 7.90. The largest absolute Gasteiger partial charge is 0.352 e. The van der Waals surface area contributed by atoms with Crippen LogP contribution < -0.4 is 10.6 Å². The van der Waals surface area contributed by atoms with Gasteiger partial charge in [-0.05, 0) is 55.8 Å². The Balaban J connectivity index is 0.00000280. The Morgan fingerprint density at radius 2 is 1.64 bits per heavy atom. The predicted molar refractivity (Wildman–Crippen MR) is 115 cm³/mol. The summed E-state index contributed by atoms with van der Waals surface area (Å²) in [6.45, 7) is 8.97. The number of carbonyl (C=O) groups is 2. The lowest BCUT2D eigenvalue weighted by Crippen LogP contribution is -2.45. The van der Waals surface area contributed by atoms with Gasteiger partial charge in [0, 0.05) is 36.7 Å². The van der Waals surface area contributed by atoms with E-state index >= 15 is 0 Å². The first-order valence-electron chi connectivity index (χ1n) is 10.2. The van der Waals surface area contributed by atoms with Crippen molar-refractivity contribution in [2.75, 3.05) is 19.6 Å². The molecule has 1 saturated heterocycles. The zero-order valence-corrected chi connectivity index (χ0v) is 18.1. The number of rotatable bonds is 6. The lowest BCUT2D eigenvalue weighted by Gasteiger charge is -2.32. The van der Waals surface area contributed by atoms with Gasteiger partial charge in [-0.2, -0.15) is 0 Å². The van der Waals surface area contributed by atoms with E-state index in [9.17, 15) is 9.59 Å². The number of hydrogen-bond donors (Lipinski definition) is 2. The summed E-state index contributed by atoms with van der Waals surface area (Å²) in [6.07, 6.45) is 4.82. The Labute approximate surface area is 175 Å². The van der Waals surface area contributed by atoms with Gasteiger partial charge in [-0.15, -0.1) is 12.4 Å². The maximum absolute atomic E-state index is 12.7. The van der Waals surface area contributed by atoms with Crippen molar-refractivity contribution in [1.29, 1.82) is 0 Å². The fourth-order valence-electron chi connectivity index (χ4n) is 3.34. The number of likely N-dealkylation sites (tertiary alicyclic amines) is 1. The van der Waals surface area contributed by atoms with Crippen LogP contribution in [0.15, 0.2) is 24.3 Å². The molecule has 1 aromatic carbocycles. The van der Waals surface area contributed by atoms with Crippen molar-refractivity contribution in [3.05, 3.63) is 35.4 Å². The van der Waals surface area contributed by atoms with Gasteiger partial charge in [0.05, 0.1) is 0 Å². The number of halogens is 1. The van der Waals surface area contributed by atoms with Gasteiger partial charge in [0.2, 0.25) is 5.91 Å². The molecule has 5 nitrogen and oxygen atoms in total. The summed E-state index contributed by atoms with van der Waals surface area (Å²) < 4.78 is 0. The van der Waals surface area contributed by atoms with E-state index in [0.717, 1.165) is 49.5 Å². The molecule has 0 radical (unpaired) electrons. The average Bonchev–Trinajstić information content (AvgIpc) is 3.48. The van der Waals surface area contributed by atoms with E-state index in [2.05, 4.69) is 10.6 Å². The summed E-state index contributed by atoms with van der Waals surface area (Å²) in [6, 6.07) is 8.17. The normalized spacial score (nSPS) is 17.8. The van der Waals surface area contributed by atoms with Crippen molar-refractivity contribution in [3.8, 4) is 0 Å². The van der Waals surface area contributed by atoms with E-state index in [-0.39, 0.29) is 24.2 Å². The van der Waals surface area contributed by atoms with Gasteiger partial charge in [0.25, 0.3) is 5.91 Å². The number of nitrogens with one attached hydrogen (secondary N) is 2. The Morgan fingerprint density at radius 1 is 1.04 bits per heavy atom. The van der Waals surface area contributed by atoms with E-state index in [0.29, 0.717) is 12.6 Å². The zero-order chi connectivity index (χ0) is 19.4. The highest BCUT2D eigenvalue weighted by Gasteiger charge is 2.26. The molecule has 2 fully saturated rings. The van der Waals surface area contributed by atoms with Crippen molar-refractivity contribution >= 4 is 24.2 Å². The van der Waals surface area contributed by atoms with Crippen LogP contribution in [0.25, 0.3) is 0 Å². The van der Waals surface area contributed by atoms with Crippen LogP contribution in [0.4, 0.5) is 0 Å². The van der Waals surface area contributed by atoms with Crippen LogP contribution in [0.5, 0.6) is 0 Å². The lowest BCUT2D eigenvalue weighted by molar-refractivity contribution is -0.128. The van der Waals surface area contributed by atoms with E-state index in [4.69, 9.17) is 0 Å². The quantitative estimate of drug-likeness (QED) is 0.759. The van der Waals surface area contributed by atoms with Crippen molar-refractivity contribution in [2.24, 2.45) is 11.3 Å². The number of carbonyl (C=O) groups excluding carboxylic acids is 2. The molecular weight excluding hydrogens is 374 g/mol. The van der Waals surface area contributed by atoms with Gasteiger partial charge in [-0.25, -0.2) is 0 Å². The molecule has 0 atom stereocenters. The molecule has 156 valence electrons. The molecule has 2 N–H and O–H groups in total. The molecule has 1 aromatic rings. The minimum absolute atomic E-state index is 0. The van der Waals surface area contributed by atoms with Crippen molar-refractivity contribution in [3.63, 3.8) is 0 Å². The maximum atomic E-state index is 12.7. The van der Waals surface area contributed by atoms with Crippen LogP contribution in [-0.4, -0.2) is 42.4 Å². The minimum Gasteiger partial charge on any atom is -0.352 e. The van der Waals surface area contributed by atoms with Crippen LogP contribution in [0.1, 0.15) is 62.4 Å². The summed E-state index contributed by atoms with van der Waals surface area (Å²) >= 11 is 0. The van der Waals surface area contributed by atoms with E-state index in [1.54, 1.807) is 0 Å².